The third kappa shape index (κ3) is 3.47. The fourth-order valence-corrected chi connectivity index (χ4v) is 2.13. The molecule has 0 unspecified atom stereocenters. The van der Waals surface area contributed by atoms with E-state index >= 15 is 0 Å². The Labute approximate surface area is 108 Å². The second kappa shape index (κ2) is 5.61. The molecule has 1 aromatic carbocycles. The number of rotatable bonds is 3. The van der Waals surface area contributed by atoms with Crippen LogP contribution in [-0.2, 0) is 11.0 Å². The maximum Gasteiger partial charge on any atom is 0.417 e. The Hall–Kier alpha value is -1.56. The summed E-state index contributed by atoms with van der Waals surface area (Å²) in [5.41, 5.74) is 0.735. The summed E-state index contributed by atoms with van der Waals surface area (Å²) in [6, 6.07) is 4.65. The molecule has 1 saturated carbocycles. The average Bonchev–Trinajstić information content (AvgIpc) is 2.88. The largest absolute Gasteiger partial charge is 0.417 e. The van der Waals surface area contributed by atoms with Crippen LogP contribution in [0.3, 0.4) is 0 Å². The van der Waals surface area contributed by atoms with Crippen LogP contribution in [0.25, 0.3) is 0 Å². The molecule has 0 aromatic heterocycles. The number of carbonyl (C=O) groups excluding carboxylic acids is 1. The topological polar surface area (TPSA) is 38.3 Å². The molecule has 1 fully saturated rings. The van der Waals surface area contributed by atoms with Gasteiger partial charge in [-0.2, -0.15) is 13.2 Å². The quantitative estimate of drug-likeness (QED) is 0.858. The van der Waals surface area contributed by atoms with Gasteiger partial charge in [0.2, 0.25) is 0 Å². The lowest BCUT2D eigenvalue weighted by Crippen LogP contribution is -2.30. The summed E-state index contributed by atoms with van der Waals surface area (Å²) in [6.07, 6.45) is -0.981. The molecule has 3 nitrogen and oxygen atoms in total. The molecule has 104 valence electrons. The number of nitrogens with one attached hydrogen (secondary N) is 1. The van der Waals surface area contributed by atoms with Crippen LogP contribution in [0.5, 0.6) is 0 Å². The van der Waals surface area contributed by atoms with Gasteiger partial charge in [0, 0.05) is 0 Å². The Kier molecular flexibility index (Phi) is 4.09. The van der Waals surface area contributed by atoms with Gasteiger partial charge in [-0.15, -0.1) is 0 Å². The van der Waals surface area contributed by atoms with Crippen LogP contribution in [-0.4, -0.2) is 12.0 Å². The van der Waals surface area contributed by atoms with Gasteiger partial charge in [0.1, 0.15) is 0 Å². The lowest BCUT2D eigenvalue weighted by Gasteiger charge is -2.14. The van der Waals surface area contributed by atoms with E-state index in [2.05, 4.69) is 5.48 Å². The van der Waals surface area contributed by atoms with Crippen LogP contribution in [0.2, 0.25) is 0 Å². The van der Waals surface area contributed by atoms with Crippen molar-refractivity contribution in [3.63, 3.8) is 0 Å². The maximum atomic E-state index is 12.7. The van der Waals surface area contributed by atoms with E-state index in [1.165, 1.54) is 12.1 Å². The number of benzene rings is 1. The highest BCUT2D eigenvalue weighted by Gasteiger charge is 2.35. The smallest absolute Gasteiger partial charge is 0.270 e. The van der Waals surface area contributed by atoms with Gasteiger partial charge in [-0.3, -0.25) is 9.63 Å². The standard InChI is InChI=1S/C13H14F3NO2/c14-13(15,16)11-8-4-3-7-10(11)12(18)17-19-9-5-1-2-6-9/h3-4,7-9H,1-2,5-6H2,(H,17,18). The van der Waals surface area contributed by atoms with Gasteiger partial charge in [0.25, 0.3) is 5.91 Å². The minimum absolute atomic E-state index is 0.0954. The molecule has 0 bridgehead atoms. The summed E-state index contributed by atoms with van der Waals surface area (Å²) in [5, 5.41) is 0. The fraction of sp³-hybridized carbons (Fsp3) is 0.462. The second-order valence-electron chi connectivity index (χ2n) is 4.50. The molecule has 1 amide bonds. The predicted molar refractivity (Wildman–Crippen MR) is 62.3 cm³/mol. The van der Waals surface area contributed by atoms with Crippen molar-refractivity contribution in [2.24, 2.45) is 0 Å². The molecular formula is C13H14F3NO2. The highest BCUT2D eigenvalue weighted by Crippen LogP contribution is 2.31. The first-order chi connectivity index (χ1) is 8.98. The molecule has 19 heavy (non-hydrogen) atoms. The van der Waals surface area contributed by atoms with E-state index in [1.54, 1.807) is 0 Å². The molecule has 1 aliphatic carbocycles. The van der Waals surface area contributed by atoms with Crippen molar-refractivity contribution < 1.29 is 22.8 Å². The van der Waals surface area contributed by atoms with Crippen LogP contribution in [0.4, 0.5) is 13.2 Å². The molecule has 1 aliphatic rings. The molecule has 1 aromatic rings. The van der Waals surface area contributed by atoms with Crippen molar-refractivity contribution in [2.45, 2.75) is 38.0 Å². The third-order valence-electron chi connectivity index (χ3n) is 3.10. The van der Waals surface area contributed by atoms with Crippen LogP contribution >= 0.6 is 0 Å². The monoisotopic (exact) mass is 273 g/mol. The van der Waals surface area contributed by atoms with Crippen LogP contribution in [0.1, 0.15) is 41.6 Å². The van der Waals surface area contributed by atoms with Crippen LogP contribution < -0.4 is 5.48 Å². The molecule has 0 spiro atoms. The summed E-state index contributed by atoms with van der Waals surface area (Å²) in [4.78, 5) is 16.9. The first-order valence-corrected chi connectivity index (χ1v) is 6.10. The highest BCUT2D eigenvalue weighted by atomic mass is 19.4. The van der Waals surface area contributed by atoms with Crippen molar-refractivity contribution in [1.82, 2.24) is 5.48 Å². The number of hydrogen-bond acceptors (Lipinski definition) is 2. The fourth-order valence-electron chi connectivity index (χ4n) is 2.13. The molecule has 0 saturated heterocycles. The van der Waals surface area contributed by atoms with Crippen molar-refractivity contribution in [3.05, 3.63) is 35.4 Å². The average molecular weight is 273 g/mol. The molecule has 6 heteroatoms. The number of hydroxylamine groups is 1. The summed E-state index contributed by atoms with van der Waals surface area (Å²) in [7, 11) is 0. The van der Waals surface area contributed by atoms with Gasteiger partial charge in [0.05, 0.1) is 17.2 Å². The summed E-state index contributed by atoms with van der Waals surface area (Å²) >= 11 is 0. The number of alkyl halides is 3. The first kappa shape index (κ1) is 13.9. The van der Waals surface area contributed by atoms with Gasteiger partial charge in [-0.25, -0.2) is 5.48 Å². The van der Waals surface area contributed by atoms with Gasteiger partial charge >= 0.3 is 6.18 Å². The number of carbonyl (C=O) groups is 1. The van der Waals surface area contributed by atoms with Crippen LogP contribution in [0, 0.1) is 0 Å². The Bertz CT molecular complexity index is 453. The number of hydrogen-bond donors (Lipinski definition) is 1. The Morgan fingerprint density at radius 1 is 1.21 bits per heavy atom. The highest BCUT2D eigenvalue weighted by molar-refractivity contribution is 5.95. The van der Waals surface area contributed by atoms with Crippen molar-refractivity contribution in [3.8, 4) is 0 Å². The first-order valence-electron chi connectivity index (χ1n) is 6.10. The lowest BCUT2D eigenvalue weighted by molar-refractivity contribution is -0.138. The van der Waals surface area contributed by atoms with Gasteiger partial charge < -0.3 is 0 Å². The predicted octanol–water partition coefficient (Wildman–Crippen LogP) is 3.31. The van der Waals surface area contributed by atoms with Gasteiger partial charge in [-0.05, 0) is 25.0 Å². The SMILES string of the molecule is O=C(NOC1CCCC1)c1ccccc1C(F)(F)F. The van der Waals surface area contributed by atoms with E-state index in [9.17, 15) is 18.0 Å². The van der Waals surface area contributed by atoms with E-state index < -0.39 is 23.2 Å². The van der Waals surface area contributed by atoms with E-state index in [0.717, 1.165) is 37.8 Å². The zero-order chi connectivity index (χ0) is 13.9. The van der Waals surface area contributed by atoms with E-state index in [4.69, 9.17) is 4.84 Å². The normalized spacial score (nSPS) is 16.6. The summed E-state index contributed by atoms with van der Waals surface area (Å²) in [6.45, 7) is 0. The minimum Gasteiger partial charge on any atom is -0.270 e. The molecule has 2 rings (SSSR count). The lowest BCUT2D eigenvalue weighted by atomic mass is 10.1. The Morgan fingerprint density at radius 2 is 1.84 bits per heavy atom. The van der Waals surface area contributed by atoms with Crippen LogP contribution in [0.15, 0.2) is 24.3 Å². The summed E-state index contributed by atoms with van der Waals surface area (Å²) in [5.74, 6) is -0.861. The molecule has 0 aliphatic heterocycles. The molecule has 1 N–H and O–H groups in total. The maximum absolute atomic E-state index is 12.7. The molecule has 0 heterocycles. The van der Waals surface area contributed by atoms with E-state index in [0.29, 0.717) is 0 Å². The second-order valence-corrected chi connectivity index (χ2v) is 4.50. The zero-order valence-electron chi connectivity index (χ0n) is 10.2. The Balaban J connectivity index is 2.06. The van der Waals surface area contributed by atoms with Crippen molar-refractivity contribution >= 4 is 5.91 Å². The number of halogens is 3. The minimum atomic E-state index is -4.55. The molecule has 0 atom stereocenters. The number of amides is 1. The summed E-state index contributed by atoms with van der Waals surface area (Å²) < 4.78 is 38.2. The zero-order valence-corrected chi connectivity index (χ0v) is 10.2. The molecule has 0 radical (unpaired) electrons. The molecular weight excluding hydrogens is 259 g/mol. The van der Waals surface area contributed by atoms with Gasteiger partial charge in [-0.1, -0.05) is 25.0 Å². The van der Waals surface area contributed by atoms with Gasteiger partial charge in [0.15, 0.2) is 0 Å². The van der Waals surface area contributed by atoms with Crippen molar-refractivity contribution in [1.29, 1.82) is 0 Å². The van der Waals surface area contributed by atoms with E-state index in [1.807, 2.05) is 0 Å². The third-order valence-corrected chi connectivity index (χ3v) is 3.10. The van der Waals surface area contributed by atoms with E-state index in [-0.39, 0.29) is 6.10 Å². The Morgan fingerprint density at radius 3 is 2.47 bits per heavy atom. The van der Waals surface area contributed by atoms with Crippen molar-refractivity contribution in [2.75, 3.05) is 0 Å².